The molecule has 1 aliphatic rings. The highest BCUT2D eigenvalue weighted by Gasteiger charge is 2.33. The standard InChI is InChI=1S/C15H19F4N3O2/c1-21-4-6-22(7-5-21)9-11(14(20)23)10-2-3-13(12(16)8-10)24-15(17,18)19/h2-3,8,11H,4-7,9H2,1H3,(H2,20,23)/t11-/m1/s1. The van der Waals surface area contributed by atoms with Gasteiger partial charge in [-0.15, -0.1) is 13.2 Å². The number of likely N-dealkylation sites (N-methyl/N-ethyl adjacent to an activating group) is 1. The Kier molecular flexibility index (Phi) is 5.66. The van der Waals surface area contributed by atoms with E-state index in [-0.39, 0.29) is 5.56 Å². The van der Waals surface area contributed by atoms with Crippen molar-refractivity contribution in [3.8, 4) is 5.75 Å². The van der Waals surface area contributed by atoms with Crippen LogP contribution in [0.25, 0.3) is 0 Å². The van der Waals surface area contributed by atoms with Crippen molar-refractivity contribution < 1.29 is 27.1 Å². The Morgan fingerprint density at radius 2 is 1.92 bits per heavy atom. The molecule has 0 aliphatic carbocycles. The van der Waals surface area contributed by atoms with E-state index in [2.05, 4.69) is 9.64 Å². The molecule has 2 N–H and O–H groups in total. The van der Waals surface area contributed by atoms with Crippen LogP contribution in [0.3, 0.4) is 0 Å². The van der Waals surface area contributed by atoms with Crippen LogP contribution in [-0.2, 0) is 4.79 Å². The number of halogens is 4. The molecule has 1 fully saturated rings. The topological polar surface area (TPSA) is 58.8 Å². The van der Waals surface area contributed by atoms with Crippen LogP contribution in [0.1, 0.15) is 11.5 Å². The zero-order chi connectivity index (χ0) is 17.9. The molecule has 1 atom stereocenters. The van der Waals surface area contributed by atoms with Gasteiger partial charge in [0.1, 0.15) is 0 Å². The van der Waals surface area contributed by atoms with E-state index in [9.17, 15) is 22.4 Å². The minimum Gasteiger partial charge on any atom is -0.403 e. The first-order valence-corrected chi connectivity index (χ1v) is 7.41. The van der Waals surface area contributed by atoms with Crippen molar-refractivity contribution >= 4 is 5.91 Å². The normalized spacial score (nSPS) is 18.4. The molecule has 0 saturated carbocycles. The highest BCUT2D eigenvalue weighted by atomic mass is 19.4. The Morgan fingerprint density at radius 1 is 1.29 bits per heavy atom. The molecule has 0 radical (unpaired) electrons. The van der Waals surface area contributed by atoms with E-state index in [1.165, 1.54) is 6.07 Å². The highest BCUT2D eigenvalue weighted by molar-refractivity contribution is 5.82. The zero-order valence-corrected chi connectivity index (χ0v) is 13.1. The third-order valence-corrected chi connectivity index (χ3v) is 3.96. The third-order valence-electron chi connectivity index (χ3n) is 3.96. The molecule has 1 aromatic carbocycles. The summed E-state index contributed by atoms with van der Waals surface area (Å²) in [5.74, 6) is -3.58. The highest BCUT2D eigenvalue weighted by Crippen LogP contribution is 2.28. The number of hydrogen-bond donors (Lipinski definition) is 1. The van der Waals surface area contributed by atoms with Crippen molar-refractivity contribution in [3.63, 3.8) is 0 Å². The lowest BCUT2D eigenvalue weighted by molar-refractivity contribution is -0.275. The third kappa shape index (κ3) is 5.07. The second-order valence-electron chi connectivity index (χ2n) is 5.80. The molecule has 9 heteroatoms. The van der Waals surface area contributed by atoms with E-state index in [1.807, 2.05) is 11.9 Å². The number of rotatable bonds is 5. The predicted octanol–water partition coefficient (Wildman–Crippen LogP) is 1.54. The summed E-state index contributed by atoms with van der Waals surface area (Å²) < 4.78 is 53.9. The van der Waals surface area contributed by atoms with Crippen LogP contribution in [0.5, 0.6) is 5.75 Å². The number of primary amides is 1. The number of nitrogens with zero attached hydrogens (tertiary/aromatic N) is 2. The number of hydrogen-bond acceptors (Lipinski definition) is 4. The zero-order valence-electron chi connectivity index (χ0n) is 13.1. The van der Waals surface area contributed by atoms with Crippen molar-refractivity contribution in [1.29, 1.82) is 0 Å². The number of piperazine rings is 1. The molecule has 5 nitrogen and oxygen atoms in total. The SMILES string of the molecule is CN1CCN(C[C@@H](C(N)=O)c2ccc(OC(F)(F)F)c(F)c2)CC1. The Balaban J connectivity index is 2.13. The Bertz CT molecular complexity index is 587. The average Bonchev–Trinajstić information content (AvgIpc) is 2.47. The largest absolute Gasteiger partial charge is 0.573 e. The second kappa shape index (κ2) is 7.35. The van der Waals surface area contributed by atoms with Crippen molar-refractivity contribution in [1.82, 2.24) is 9.80 Å². The number of nitrogens with two attached hydrogens (primary N) is 1. The molecular weight excluding hydrogens is 330 g/mol. The van der Waals surface area contributed by atoms with Gasteiger partial charge in [-0.1, -0.05) is 6.07 Å². The molecular formula is C15H19F4N3O2. The van der Waals surface area contributed by atoms with Crippen molar-refractivity contribution in [2.45, 2.75) is 12.3 Å². The van der Waals surface area contributed by atoms with Crippen LogP contribution in [0.4, 0.5) is 17.6 Å². The summed E-state index contributed by atoms with van der Waals surface area (Å²) in [7, 11) is 1.98. The van der Waals surface area contributed by atoms with Gasteiger partial charge in [0.2, 0.25) is 5.91 Å². The molecule has 2 rings (SSSR count). The molecule has 24 heavy (non-hydrogen) atoms. The maximum atomic E-state index is 13.8. The van der Waals surface area contributed by atoms with Gasteiger partial charge >= 0.3 is 6.36 Å². The number of carbonyl (C=O) groups excluding carboxylic acids is 1. The summed E-state index contributed by atoms with van der Waals surface area (Å²) in [6.07, 6.45) is -4.98. The van der Waals surface area contributed by atoms with Gasteiger partial charge in [-0.2, -0.15) is 0 Å². The summed E-state index contributed by atoms with van der Waals surface area (Å²) >= 11 is 0. The number of ether oxygens (including phenoxy) is 1. The van der Waals surface area contributed by atoms with E-state index in [0.29, 0.717) is 6.54 Å². The van der Waals surface area contributed by atoms with Crippen LogP contribution in [0.2, 0.25) is 0 Å². The average molecular weight is 349 g/mol. The van der Waals surface area contributed by atoms with Crippen LogP contribution < -0.4 is 10.5 Å². The van der Waals surface area contributed by atoms with Gasteiger partial charge in [-0.25, -0.2) is 4.39 Å². The summed E-state index contributed by atoms with van der Waals surface area (Å²) in [4.78, 5) is 15.9. The van der Waals surface area contributed by atoms with Crippen LogP contribution >= 0.6 is 0 Å². The smallest absolute Gasteiger partial charge is 0.403 e. The van der Waals surface area contributed by atoms with Crippen LogP contribution in [0.15, 0.2) is 18.2 Å². The molecule has 1 aromatic rings. The van der Waals surface area contributed by atoms with E-state index in [0.717, 1.165) is 38.3 Å². The molecule has 0 aromatic heterocycles. The molecule has 1 amide bonds. The Morgan fingerprint density at radius 3 is 2.42 bits per heavy atom. The fourth-order valence-electron chi connectivity index (χ4n) is 2.59. The summed E-state index contributed by atoms with van der Waals surface area (Å²) in [6.45, 7) is 3.43. The van der Waals surface area contributed by atoms with E-state index >= 15 is 0 Å². The molecule has 0 unspecified atom stereocenters. The minimum absolute atomic E-state index is 0.230. The molecule has 1 heterocycles. The monoisotopic (exact) mass is 349 g/mol. The molecule has 1 aliphatic heterocycles. The van der Waals surface area contributed by atoms with Crippen molar-refractivity contribution in [2.24, 2.45) is 5.73 Å². The van der Waals surface area contributed by atoms with Crippen molar-refractivity contribution in [2.75, 3.05) is 39.8 Å². The van der Waals surface area contributed by atoms with Gasteiger partial charge in [0.15, 0.2) is 11.6 Å². The number of benzene rings is 1. The predicted molar refractivity (Wildman–Crippen MR) is 79.0 cm³/mol. The first-order chi connectivity index (χ1) is 11.2. The fourth-order valence-corrected chi connectivity index (χ4v) is 2.59. The van der Waals surface area contributed by atoms with Gasteiger partial charge in [-0.05, 0) is 24.7 Å². The number of carbonyl (C=O) groups is 1. The molecule has 0 spiro atoms. The van der Waals surface area contributed by atoms with Crippen molar-refractivity contribution in [3.05, 3.63) is 29.6 Å². The van der Waals surface area contributed by atoms with Gasteiger partial charge in [-0.3, -0.25) is 9.69 Å². The first kappa shape index (κ1) is 18.5. The first-order valence-electron chi connectivity index (χ1n) is 7.41. The lowest BCUT2D eigenvalue weighted by atomic mass is 9.97. The van der Waals surface area contributed by atoms with Gasteiger partial charge in [0.05, 0.1) is 5.92 Å². The second-order valence-corrected chi connectivity index (χ2v) is 5.80. The van der Waals surface area contributed by atoms with Gasteiger partial charge in [0, 0.05) is 32.7 Å². The molecule has 1 saturated heterocycles. The quantitative estimate of drug-likeness (QED) is 0.820. The van der Waals surface area contributed by atoms with Gasteiger partial charge in [0.25, 0.3) is 0 Å². The van der Waals surface area contributed by atoms with E-state index in [4.69, 9.17) is 5.73 Å². The van der Waals surface area contributed by atoms with Crippen LogP contribution in [-0.4, -0.2) is 61.8 Å². The minimum atomic E-state index is -4.98. The Labute approximate surface area is 137 Å². The Hall–Kier alpha value is -1.87. The summed E-state index contributed by atoms with van der Waals surface area (Å²) in [5.41, 5.74) is 5.62. The maximum absolute atomic E-state index is 13.8. The molecule has 0 bridgehead atoms. The number of alkyl halides is 3. The summed E-state index contributed by atoms with van der Waals surface area (Å²) in [5, 5.41) is 0. The molecule has 134 valence electrons. The van der Waals surface area contributed by atoms with Crippen LogP contribution in [0, 0.1) is 5.82 Å². The maximum Gasteiger partial charge on any atom is 0.573 e. The van der Waals surface area contributed by atoms with E-state index < -0.39 is 29.8 Å². The van der Waals surface area contributed by atoms with Gasteiger partial charge < -0.3 is 15.4 Å². The van der Waals surface area contributed by atoms with E-state index in [1.54, 1.807) is 0 Å². The lowest BCUT2D eigenvalue weighted by Crippen LogP contribution is -2.47. The lowest BCUT2D eigenvalue weighted by Gasteiger charge is -2.34. The fraction of sp³-hybridized carbons (Fsp3) is 0.533. The number of amides is 1. The summed E-state index contributed by atoms with van der Waals surface area (Å²) in [6, 6.07) is 2.96.